The van der Waals surface area contributed by atoms with E-state index in [1.807, 2.05) is 34.6 Å². The fraction of sp³-hybridized carbons (Fsp3) is 0.455. The second-order valence-electron chi connectivity index (χ2n) is 8.60. The molecule has 0 saturated heterocycles. The van der Waals surface area contributed by atoms with Crippen LogP contribution in [0.2, 0.25) is 0 Å². The third-order valence-electron chi connectivity index (χ3n) is 5.28. The van der Waals surface area contributed by atoms with Gasteiger partial charge < -0.3 is 5.11 Å². The number of hydrogen-bond acceptors (Lipinski definition) is 5. The highest BCUT2D eigenvalue weighted by Crippen LogP contribution is 2.38. The molecule has 0 unspecified atom stereocenters. The highest BCUT2D eigenvalue weighted by molar-refractivity contribution is 7.90. The van der Waals surface area contributed by atoms with Crippen molar-refractivity contribution < 1.29 is 23.1 Å². The molecule has 152 valence electrons. The van der Waals surface area contributed by atoms with Gasteiger partial charge in [0, 0.05) is 24.7 Å². The van der Waals surface area contributed by atoms with Gasteiger partial charge >= 0.3 is 0 Å². The van der Waals surface area contributed by atoms with Gasteiger partial charge in [-0.15, -0.1) is 0 Å². The minimum atomic E-state index is -3.50. The fourth-order valence-corrected chi connectivity index (χ4v) is 4.62. The molecular formula is C22H28O5S. The summed E-state index contributed by atoms with van der Waals surface area (Å²) in [4.78, 5) is 25.3. The Hall–Kier alpha value is -2.21. The predicted octanol–water partition coefficient (Wildman–Crippen LogP) is 4.44. The molecule has 1 aromatic carbocycles. The summed E-state index contributed by atoms with van der Waals surface area (Å²) in [5.74, 6) is -1.14. The number of carbonyl (C=O) groups is 2. The third-order valence-corrected chi connectivity index (χ3v) is 6.42. The summed E-state index contributed by atoms with van der Waals surface area (Å²) < 4.78 is 24.6. The smallest absolute Gasteiger partial charge is 0.176 e. The summed E-state index contributed by atoms with van der Waals surface area (Å²) in [6.45, 7) is 11.0. The van der Waals surface area contributed by atoms with Gasteiger partial charge in [0.15, 0.2) is 21.4 Å². The number of aliphatic hydroxyl groups is 1. The highest BCUT2D eigenvalue weighted by atomic mass is 32.2. The van der Waals surface area contributed by atoms with Gasteiger partial charge in [0.25, 0.3) is 0 Å². The van der Waals surface area contributed by atoms with Crippen LogP contribution in [0.15, 0.2) is 28.2 Å². The molecule has 1 N–H and O–H groups in total. The number of sulfone groups is 1. The van der Waals surface area contributed by atoms with Crippen molar-refractivity contribution in [2.24, 2.45) is 5.41 Å². The summed E-state index contributed by atoms with van der Waals surface area (Å²) in [6.07, 6.45) is 1.49. The largest absolute Gasteiger partial charge is 0.506 e. The van der Waals surface area contributed by atoms with Gasteiger partial charge in [-0.3, -0.25) is 9.59 Å². The van der Waals surface area contributed by atoms with Crippen molar-refractivity contribution in [3.63, 3.8) is 0 Å². The van der Waals surface area contributed by atoms with Crippen molar-refractivity contribution in [3.05, 3.63) is 40.0 Å². The molecular weight excluding hydrogens is 376 g/mol. The summed E-state index contributed by atoms with van der Waals surface area (Å²) in [5.41, 5.74) is 2.43. The van der Waals surface area contributed by atoms with Gasteiger partial charge in [0.1, 0.15) is 11.3 Å². The van der Waals surface area contributed by atoms with Crippen molar-refractivity contribution >= 4 is 32.7 Å². The van der Waals surface area contributed by atoms with Crippen LogP contribution in [-0.2, 0) is 19.4 Å². The second kappa shape index (κ2) is 7.32. The zero-order valence-electron chi connectivity index (χ0n) is 17.6. The minimum Gasteiger partial charge on any atom is -0.506 e. The van der Waals surface area contributed by atoms with Gasteiger partial charge in [-0.2, -0.15) is 0 Å². The van der Waals surface area contributed by atoms with E-state index >= 15 is 0 Å². The Labute approximate surface area is 167 Å². The molecule has 0 heterocycles. The molecule has 6 heteroatoms. The number of hydrogen-bond donors (Lipinski definition) is 1. The summed E-state index contributed by atoms with van der Waals surface area (Å²) in [6, 6.07) is 2.90. The van der Waals surface area contributed by atoms with Crippen LogP contribution in [-0.4, -0.2) is 31.3 Å². The highest BCUT2D eigenvalue weighted by Gasteiger charge is 2.38. The van der Waals surface area contributed by atoms with Crippen LogP contribution in [0, 0.1) is 12.3 Å². The molecule has 0 radical (unpaired) electrons. The van der Waals surface area contributed by atoms with E-state index in [-0.39, 0.29) is 40.6 Å². The van der Waals surface area contributed by atoms with E-state index in [2.05, 4.69) is 0 Å². The molecule has 28 heavy (non-hydrogen) atoms. The lowest BCUT2D eigenvalue weighted by molar-refractivity contribution is -0.127. The van der Waals surface area contributed by atoms with Gasteiger partial charge in [-0.05, 0) is 61.9 Å². The SMILES string of the molecule is CC(C)=C(C)c1c(S(C)(=O)=O)ccc(C(O)=C2C(=O)CC(C)(C)CC2=O)c1C. The zero-order chi connectivity index (χ0) is 21.6. The number of rotatable bonds is 3. The molecule has 1 aliphatic rings. The van der Waals surface area contributed by atoms with E-state index in [9.17, 15) is 23.1 Å². The molecule has 1 aromatic rings. The molecule has 0 spiro atoms. The predicted molar refractivity (Wildman–Crippen MR) is 111 cm³/mol. The maximum absolute atomic E-state index is 12.6. The second-order valence-corrected chi connectivity index (χ2v) is 10.6. The number of carbonyl (C=O) groups excluding carboxylic acids is 2. The summed E-state index contributed by atoms with van der Waals surface area (Å²) in [5, 5.41) is 10.8. The lowest BCUT2D eigenvalue weighted by atomic mass is 9.73. The van der Waals surface area contributed by atoms with E-state index in [0.717, 1.165) is 17.4 Å². The standard InChI is InChI=1S/C22H28O5S/c1-12(2)13(3)19-14(4)15(8-9-18(19)28(7,26)27)21(25)20-16(23)10-22(5,6)11-17(20)24/h8-9,25H,10-11H2,1-7H3. The number of ketones is 2. The van der Waals surface area contributed by atoms with Gasteiger partial charge in [0.2, 0.25) is 0 Å². The number of benzene rings is 1. The van der Waals surface area contributed by atoms with Crippen LogP contribution in [0.3, 0.4) is 0 Å². The Kier molecular flexibility index (Phi) is 5.77. The first kappa shape index (κ1) is 22.1. The molecule has 1 fully saturated rings. The van der Waals surface area contributed by atoms with E-state index in [4.69, 9.17) is 0 Å². The Balaban J connectivity index is 2.81. The number of allylic oxidation sites excluding steroid dienone is 3. The van der Waals surface area contributed by atoms with Crippen LogP contribution in [0.4, 0.5) is 0 Å². The summed E-state index contributed by atoms with van der Waals surface area (Å²) in [7, 11) is -3.50. The van der Waals surface area contributed by atoms with Crippen LogP contribution in [0.25, 0.3) is 11.3 Å². The van der Waals surface area contributed by atoms with Crippen molar-refractivity contribution in [1.82, 2.24) is 0 Å². The normalized spacial score (nSPS) is 16.9. The van der Waals surface area contributed by atoms with Crippen LogP contribution in [0.1, 0.15) is 64.2 Å². The van der Waals surface area contributed by atoms with Crippen molar-refractivity contribution in [1.29, 1.82) is 0 Å². The average molecular weight is 405 g/mol. The van der Waals surface area contributed by atoms with Gasteiger partial charge in [-0.1, -0.05) is 19.4 Å². The lowest BCUT2D eigenvalue weighted by Crippen LogP contribution is -2.32. The minimum absolute atomic E-state index is 0.160. The van der Waals surface area contributed by atoms with Gasteiger partial charge in [-0.25, -0.2) is 8.42 Å². The van der Waals surface area contributed by atoms with Crippen LogP contribution < -0.4 is 0 Å². The summed E-state index contributed by atoms with van der Waals surface area (Å²) >= 11 is 0. The van der Waals surface area contributed by atoms with Crippen molar-refractivity contribution in [3.8, 4) is 0 Å². The molecule has 1 saturated carbocycles. The Morgan fingerprint density at radius 2 is 1.54 bits per heavy atom. The molecule has 0 aliphatic heterocycles. The van der Waals surface area contributed by atoms with E-state index < -0.39 is 15.3 Å². The molecule has 0 bridgehead atoms. The van der Waals surface area contributed by atoms with Crippen LogP contribution >= 0.6 is 0 Å². The Morgan fingerprint density at radius 3 is 1.96 bits per heavy atom. The number of Topliss-reactive ketones (excluding diaryl/α,β-unsaturated/α-hetero) is 2. The maximum atomic E-state index is 12.6. The van der Waals surface area contributed by atoms with E-state index in [1.54, 1.807) is 6.92 Å². The molecule has 2 rings (SSSR count). The van der Waals surface area contributed by atoms with Gasteiger partial charge in [0.05, 0.1) is 4.90 Å². The van der Waals surface area contributed by atoms with Crippen LogP contribution in [0.5, 0.6) is 0 Å². The molecule has 1 aliphatic carbocycles. The first-order chi connectivity index (χ1) is 12.7. The molecule has 0 atom stereocenters. The average Bonchev–Trinajstić information content (AvgIpc) is 2.50. The fourth-order valence-electron chi connectivity index (χ4n) is 3.63. The Morgan fingerprint density at radius 1 is 1.04 bits per heavy atom. The topological polar surface area (TPSA) is 88.5 Å². The number of aliphatic hydroxyl groups excluding tert-OH is 1. The quantitative estimate of drug-likeness (QED) is 0.457. The first-order valence-corrected chi connectivity index (χ1v) is 11.0. The molecule has 0 amide bonds. The monoisotopic (exact) mass is 404 g/mol. The lowest BCUT2D eigenvalue weighted by Gasteiger charge is -2.29. The first-order valence-electron chi connectivity index (χ1n) is 9.15. The molecule has 0 aromatic heterocycles. The van der Waals surface area contributed by atoms with E-state index in [1.165, 1.54) is 12.1 Å². The third kappa shape index (κ3) is 4.12. The zero-order valence-corrected chi connectivity index (χ0v) is 18.4. The molecule has 5 nitrogen and oxygen atoms in total. The van der Waals surface area contributed by atoms with Crippen molar-refractivity contribution in [2.75, 3.05) is 6.26 Å². The maximum Gasteiger partial charge on any atom is 0.176 e. The van der Waals surface area contributed by atoms with Crippen molar-refractivity contribution in [2.45, 2.75) is 59.3 Å². The van der Waals surface area contributed by atoms with E-state index in [0.29, 0.717) is 16.7 Å². The Bertz CT molecular complexity index is 1010.